The van der Waals surface area contributed by atoms with Gasteiger partial charge in [0.1, 0.15) is 5.69 Å². The number of anilines is 1. The van der Waals surface area contributed by atoms with Crippen molar-refractivity contribution in [3.05, 3.63) is 62.4 Å². The average Bonchev–Trinajstić information content (AvgIpc) is 2.82. The maximum absolute atomic E-state index is 12.7. The van der Waals surface area contributed by atoms with Crippen LogP contribution in [-0.2, 0) is 24.8 Å². The van der Waals surface area contributed by atoms with Gasteiger partial charge in [0.25, 0.3) is 5.69 Å². The van der Waals surface area contributed by atoms with Crippen LogP contribution < -0.4 is 15.6 Å². The molecule has 0 radical (unpaired) electrons. The van der Waals surface area contributed by atoms with Gasteiger partial charge < -0.3 is 10.1 Å². The third kappa shape index (κ3) is 8.67. The normalized spacial score (nSPS) is 17.8. The summed E-state index contributed by atoms with van der Waals surface area (Å²) in [5.41, 5.74) is -0.908. The van der Waals surface area contributed by atoms with E-state index >= 15 is 0 Å². The van der Waals surface area contributed by atoms with E-state index in [1.54, 1.807) is 7.11 Å². The smallest absolute Gasteiger partial charge is 0.306 e. The highest BCUT2D eigenvalue weighted by Gasteiger charge is 2.23. The van der Waals surface area contributed by atoms with E-state index in [1.165, 1.54) is 12.1 Å². The standard InChI is InChI=1S/C14H21N3O5S.C6H5FN2O4S/c1-22-11-4-2-10(3-5-11)9-16-13-7-6-12(23(15,20)21)8-14(13)17(18)19;7-5-2-1-4(14(8,12)13)3-6(5)9(10)11/h6-8,10-11,16H,2-5,9H2,1H3,(H2,15,20,21);1-3H,(H2,8,12,13)/t10-,11-;. The first-order valence-electron chi connectivity index (χ1n) is 10.7. The molecular formula is C20H26FN5O9S2. The minimum atomic E-state index is -4.05. The highest BCUT2D eigenvalue weighted by atomic mass is 32.2. The number of rotatable bonds is 8. The summed E-state index contributed by atoms with van der Waals surface area (Å²) in [5.74, 6) is -0.693. The van der Waals surface area contributed by atoms with Gasteiger partial charge in [0.2, 0.25) is 25.9 Å². The zero-order chi connectivity index (χ0) is 28.0. The summed E-state index contributed by atoms with van der Waals surface area (Å²) < 4.78 is 62.2. The van der Waals surface area contributed by atoms with E-state index in [9.17, 15) is 41.5 Å². The molecule has 0 heterocycles. The Morgan fingerprint density at radius 1 is 0.919 bits per heavy atom. The summed E-state index contributed by atoms with van der Waals surface area (Å²) >= 11 is 0. The summed E-state index contributed by atoms with van der Waals surface area (Å²) in [6.07, 6.45) is 4.25. The largest absolute Gasteiger partial charge is 0.381 e. The lowest BCUT2D eigenvalue weighted by Gasteiger charge is -2.27. The summed E-state index contributed by atoms with van der Waals surface area (Å²) in [7, 11) is -6.30. The summed E-state index contributed by atoms with van der Waals surface area (Å²) in [6.45, 7) is 0.603. The van der Waals surface area contributed by atoms with Crippen molar-refractivity contribution in [2.45, 2.75) is 41.6 Å². The first-order valence-corrected chi connectivity index (χ1v) is 13.8. The maximum Gasteiger partial charge on any atom is 0.306 e. The van der Waals surface area contributed by atoms with Crippen LogP contribution in [0.4, 0.5) is 21.5 Å². The van der Waals surface area contributed by atoms with Crippen LogP contribution >= 0.6 is 0 Å². The van der Waals surface area contributed by atoms with Gasteiger partial charge in [-0.1, -0.05) is 0 Å². The van der Waals surface area contributed by atoms with Crippen LogP contribution in [0.2, 0.25) is 0 Å². The number of nitro benzene ring substituents is 2. The fraction of sp³-hybridized carbons (Fsp3) is 0.400. The Kier molecular flexibility index (Phi) is 9.99. The van der Waals surface area contributed by atoms with Gasteiger partial charge in [-0.3, -0.25) is 20.2 Å². The number of benzene rings is 2. The highest BCUT2D eigenvalue weighted by molar-refractivity contribution is 7.89. The van der Waals surface area contributed by atoms with Gasteiger partial charge in [0.15, 0.2) is 0 Å². The predicted molar refractivity (Wildman–Crippen MR) is 130 cm³/mol. The van der Waals surface area contributed by atoms with Crippen LogP contribution in [0.3, 0.4) is 0 Å². The molecule has 1 aliphatic carbocycles. The van der Waals surface area contributed by atoms with E-state index < -0.39 is 46.3 Å². The molecular weight excluding hydrogens is 537 g/mol. The average molecular weight is 564 g/mol. The number of hydrogen-bond acceptors (Lipinski definition) is 10. The Balaban J connectivity index is 0.000000294. The molecule has 1 fully saturated rings. The lowest BCUT2D eigenvalue weighted by Crippen LogP contribution is -2.25. The van der Waals surface area contributed by atoms with Gasteiger partial charge in [-0.25, -0.2) is 27.1 Å². The molecule has 2 aromatic rings. The molecule has 1 aliphatic rings. The SMILES string of the molecule is CO[C@H]1CC[C@H](CNc2ccc(S(N)(=O)=O)cc2[N+](=O)[O-])CC1.NS(=O)(=O)c1ccc(F)c([N+](=O)[O-])c1. The third-order valence-electron chi connectivity index (χ3n) is 5.65. The molecule has 37 heavy (non-hydrogen) atoms. The molecule has 5 N–H and O–H groups in total. The van der Waals surface area contributed by atoms with Crippen molar-refractivity contribution in [3.63, 3.8) is 0 Å². The van der Waals surface area contributed by atoms with E-state index in [4.69, 9.17) is 15.0 Å². The molecule has 0 atom stereocenters. The van der Waals surface area contributed by atoms with Crippen molar-refractivity contribution < 1.29 is 35.8 Å². The number of nitrogens with two attached hydrogens (primary N) is 2. The summed E-state index contributed by atoms with van der Waals surface area (Å²) in [5, 5.41) is 34.1. The van der Waals surface area contributed by atoms with Crippen LogP contribution in [0.15, 0.2) is 46.2 Å². The second kappa shape index (κ2) is 12.3. The molecule has 0 saturated heterocycles. The monoisotopic (exact) mass is 563 g/mol. The molecule has 0 unspecified atom stereocenters. The van der Waals surface area contributed by atoms with Crippen molar-refractivity contribution in [1.82, 2.24) is 0 Å². The third-order valence-corrected chi connectivity index (χ3v) is 7.47. The van der Waals surface area contributed by atoms with Crippen LogP contribution in [0.25, 0.3) is 0 Å². The number of ether oxygens (including phenoxy) is 1. The molecule has 3 rings (SSSR count). The van der Waals surface area contributed by atoms with Crippen LogP contribution in [0, 0.1) is 32.0 Å². The Bertz CT molecular complexity index is 1360. The zero-order valence-electron chi connectivity index (χ0n) is 19.6. The molecule has 0 bridgehead atoms. The molecule has 1 saturated carbocycles. The summed E-state index contributed by atoms with van der Waals surface area (Å²) in [6, 6.07) is 5.75. The van der Waals surface area contributed by atoms with Crippen LogP contribution in [0.1, 0.15) is 25.7 Å². The first-order chi connectivity index (χ1) is 17.1. The molecule has 2 aromatic carbocycles. The molecule has 0 spiro atoms. The first kappa shape index (κ1) is 30.0. The number of sulfonamides is 2. The zero-order valence-corrected chi connectivity index (χ0v) is 21.2. The van der Waals surface area contributed by atoms with E-state index in [0.717, 1.165) is 37.8 Å². The molecule has 14 nitrogen and oxygen atoms in total. The van der Waals surface area contributed by atoms with Gasteiger partial charge in [-0.15, -0.1) is 0 Å². The van der Waals surface area contributed by atoms with Gasteiger partial charge >= 0.3 is 5.69 Å². The Morgan fingerprint density at radius 2 is 1.41 bits per heavy atom. The fourth-order valence-corrected chi connectivity index (χ4v) is 4.69. The van der Waals surface area contributed by atoms with Gasteiger partial charge in [-0.05, 0) is 55.9 Å². The van der Waals surface area contributed by atoms with Crippen LogP contribution in [-0.4, -0.2) is 46.4 Å². The Hall–Kier alpha value is -3.25. The van der Waals surface area contributed by atoms with Crippen molar-refractivity contribution in [2.24, 2.45) is 16.2 Å². The minimum Gasteiger partial charge on any atom is -0.381 e. The number of nitrogens with one attached hydrogen (secondary N) is 1. The second-order valence-electron chi connectivity index (χ2n) is 8.16. The fourth-order valence-electron chi connectivity index (χ4n) is 3.62. The molecule has 17 heteroatoms. The quantitative estimate of drug-likeness (QED) is 0.313. The number of nitrogens with zero attached hydrogens (tertiary/aromatic N) is 2. The lowest BCUT2D eigenvalue weighted by molar-refractivity contribution is -0.387. The number of hydrogen-bond donors (Lipinski definition) is 3. The van der Waals surface area contributed by atoms with Crippen molar-refractivity contribution >= 4 is 37.1 Å². The van der Waals surface area contributed by atoms with E-state index in [1.807, 2.05) is 0 Å². The number of primary sulfonamides is 2. The van der Waals surface area contributed by atoms with E-state index in [2.05, 4.69) is 5.32 Å². The van der Waals surface area contributed by atoms with Crippen molar-refractivity contribution in [1.29, 1.82) is 0 Å². The summed E-state index contributed by atoms with van der Waals surface area (Å²) in [4.78, 5) is 19.0. The predicted octanol–water partition coefficient (Wildman–Crippen LogP) is 2.24. The minimum absolute atomic E-state index is 0.268. The molecule has 0 aliphatic heterocycles. The van der Waals surface area contributed by atoms with Gasteiger partial charge in [-0.2, -0.15) is 4.39 Å². The highest BCUT2D eigenvalue weighted by Crippen LogP contribution is 2.30. The van der Waals surface area contributed by atoms with E-state index in [0.29, 0.717) is 36.4 Å². The lowest BCUT2D eigenvalue weighted by atomic mass is 9.87. The molecule has 0 amide bonds. The molecule has 204 valence electrons. The maximum atomic E-state index is 12.7. The number of nitro groups is 2. The van der Waals surface area contributed by atoms with Crippen molar-refractivity contribution in [3.8, 4) is 0 Å². The molecule has 0 aromatic heterocycles. The van der Waals surface area contributed by atoms with Gasteiger partial charge in [0.05, 0.1) is 25.7 Å². The van der Waals surface area contributed by atoms with Crippen LogP contribution in [0.5, 0.6) is 0 Å². The Morgan fingerprint density at radius 3 is 1.86 bits per heavy atom. The second-order valence-corrected chi connectivity index (χ2v) is 11.3. The topological polar surface area (TPSA) is 228 Å². The number of halogens is 1. The van der Waals surface area contributed by atoms with E-state index in [-0.39, 0.29) is 10.6 Å². The van der Waals surface area contributed by atoms with Crippen molar-refractivity contribution in [2.75, 3.05) is 19.0 Å². The van der Waals surface area contributed by atoms with Gasteiger partial charge in [0, 0.05) is 25.8 Å². The number of methoxy groups -OCH3 is 1. The Labute approximate surface area is 212 Å².